The number of amides is 1. The van der Waals surface area contributed by atoms with Crippen LogP contribution in [0.2, 0.25) is 0 Å². The van der Waals surface area contributed by atoms with Crippen molar-refractivity contribution in [3.8, 4) is 11.5 Å². The van der Waals surface area contributed by atoms with Gasteiger partial charge >= 0.3 is 0 Å². The normalized spacial score (nSPS) is 10.8. The van der Waals surface area contributed by atoms with Gasteiger partial charge in [0.15, 0.2) is 5.82 Å². The van der Waals surface area contributed by atoms with Crippen molar-refractivity contribution in [1.82, 2.24) is 20.6 Å². The predicted molar refractivity (Wildman–Crippen MR) is 85.8 cm³/mol. The minimum atomic E-state index is -0.339. The quantitative estimate of drug-likeness (QED) is 0.739. The van der Waals surface area contributed by atoms with Crippen molar-refractivity contribution in [3.05, 3.63) is 52.9 Å². The Bertz CT molecular complexity index is 851. The minimum absolute atomic E-state index is 0.131. The second kappa shape index (κ2) is 7.25. The molecule has 3 rings (SSSR count). The maximum absolute atomic E-state index is 12.9. The molecular formula is C17H17FN4O3. The van der Waals surface area contributed by atoms with E-state index >= 15 is 0 Å². The second-order valence-corrected chi connectivity index (χ2v) is 5.60. The number of carbonyl (C=O) groups excluding carboxylic acids is 1. The minimum Gasteiger partial charge on any atom is -0.361 e. The summed E-state index contributed by atoms with van der Waals surface area (Å²) in [5.41, 5.74) is 2.37. The van der Waals surface area contributed by atoms with Crippen LogP contribution in [-0.4, -0.2) is 21.2 Å². The number of nitrogens with zero attached hydrogens (tertiary/aromatic N) is 3. The van der Waals surface area contributed by atoms with E-state index in [0.29, 0.717) is 24.2 Å². The molecule has 0 aliphatic heterocycles. The number of hydrogen-bond donors (Lipinski definition) is 1. The van der Waals surface area contributed by atoms with Crippen LogP contribution in [-0.2, 0) is 17.8 Å². The maximum Gasteiger partial charge on any atom is 0.257 e. The SMILES string of the molecule is Cc1noc(C)c1CCC(=O)NCc1noc(-c2ccc(F)cc2)n1. The number of nitrogens with one attached hydrogen (secondary N) is 1. The van der Waals surface area contributed by atoms with Gasteiger partial charge in [0.1, 0.15) is 11.6 Å². The summed E-state index contributed by atoms with van der Waals surface area (Å²) in [7, 11) is 0. The Hall–Kier alpha value is -3.03. The number of halogens is 1. The van der Waals surface area contributed by atoms with E-state index in [-0.39, 0.29) is 24.2 Å². The van der Waals surface area contributed by atoms with Gasteiger partial charge in [-0.15, -0.1) is 0 Å². The van der Waals surface area contributed by atoms with Gasteiger partial charge in [-0.05, 0) is 44.5 Å². The summed E-state index contributed by atoms with van der Waals surface area (Å²) in [5.74, 6) is 0.888. The monoisotopic (exact) mass is 344 g/mol. The summed E-state index contributed by atoms with van der Waals surface area (Å²) in [6, 6.07) is 5.73. The van der Waals surface area contributed by atoms with Crippen LogP contribution in [0.5, 0.6) is 0 Å². The van der Waals surface area contributed by atoms with Gasteiger partial charge in [0.25, 0.3) is 5.89 Å². The molecule has 0 saturated carbocycles. The Labute approximate surface area is 143 Å². The molecule has 0 saturated heterocycles. The molecule has 0 atom stereocenters. The van der Waals surface area contributed by atoms with Crippen molar-refractivity contribution < 1.29 is 18.2 Å². The van der Waals surface area contributed by atoms with Crippen molar-refractivity contribution >= 4 is 5.91 Å². The lowest BCUT2D eigenvalue weighted by Crippen LogP contribution is -2.23. The third kappa shape index (κ3) is 4.09. The van der Waals surface area contributed by atoms with Crippen LogP contribution in [0.3, 0.4) is 0 Å². The van der Waals surface area contributed by atoms with Crippen molar-refractivity contribution in [1.29, 1.82) is 0 Å². The Balaban J connectivity index is 1.52. The average Bonchev–Trinajstić information content (AvgIpc) is 3.19. The lowest BCUT2D eigenvalue weighted by Gasteiger charge is -2.02. The highest BCUT2D eigenvalue weighted by atomic mass is 19.1. The molecule has 3 aromatic rings. The lowest BCUT2D eigenvalue weighted by atomic mass is 10.1. The van der Waals surface area contributed by atoms with E-state index in [1.807, 2.05) is 13.8 Å². The Morgan fingerprint density at radius 3 is 2.60 bits per heavy atom. The van der Waals surface area contributed by atoms with Crippen molar-refractivity contribution in [3.63, 3.8) is 0 Å². The van der Waals surface area contributed by atoms with Gasteiger partial charge < -0.3 is 14.4 Å². The molecule has 0 spiro atoms. The largest absolute Gasteiger partial charge is 0.361 e. The molecule has 0 bridgehead atoms. The van der Waals surface area contributed by atoms with E-state index in [0.717, 1.165) is 17.0 Å². The molecule has 2 heterocycles. The number of aryl methyl sites for hydroxylation is 2. The van der Waals surface area contributed by atoms with Crippen LogP contribution in [0, 0.1) is 19.7 Å². The molecule has 0 aliphatic rings. The standard InChI is InChI=1S/C17H17FN4O3/c1-10-14(11(2)24-21-10)7-8-16(23)19-9-15-20-17(25-22-15)12-3-5-13(18)6-4-12/h3-6H,7-9H2,1-2H3,(H,19,23). The fraction of sp³-hybridized carbons (Fsp3) is 0.294. The van der Waals surface area contributed by atoms with E-state index in [4.69, 9.17) is 9.05 Å². The Morgan fingerprint density at radius 2 is 1.92 bits per heavy atom. The average molecular weight is 344 g/mol. The van der Waals surface area contributed by atoms with Crippen LogP contribution in [0.4, 0.5) is 4.39 Å². The van der Waals surface area contributed by atoms with Crippen LogP contribution < -0.4 is 5.32 Å². The van der Waals surface area contributed by atoms with Crippen LogP contribution in [0.25, 0.3) is 11.5 Å². The van der Waals surface area contributed by atoms with E-state index in [9.17, 15) is 9.18 Å². The van der Waals surface area contributed by atoms with Gasteiger partial charge in [-0.1, -0.05) is 10.3 Å². The smallest absolute Gasteiger partial charge is 0.257 e. The molecule has 0 unspecified atom stereocenters. The number of carbonyl (C=O) groups is 1. The molecule has 1 aromatic carbocycles. The topological polar surface area (TPSA) is 94.1 Å². The molecule has 0 aliphatic carbocycles. The number of hydrogen-bond acceptors (Lipinski definition) is 6. The molecule has 1 amide bonds. The van der Waals surface area contributed by atoms with Gasteiger partial charge in [-0.2, -0.15) is 4.98 Å². The number of benzene rings is 1. The fourth-order valence-corrected chi connectivity index (χ4v) is 2.40. The summed E-state index contributed by atoms with van der Waals surface area (Å²) in [5, 5.41) is 10.4. The first-order chi connectivity index (χ1) is 12.0. The van der Waals surface area contributed by atoms with Crippen molar-refractivity contribution in [2.24, 2.45) is 0 Å². The molecule has 8 heteroatoms. The van der Waals surface area contributed by atoms with Gasteiger partial charge in [-0.3, -0.25) is 4.79 Å². The Morgan fingerprint density at radius 1 is 1.16 bits per heavy atom. The number of aromatic nitrogens is 3. The van der Waals surface area contributed by atoms with Gasteiger partial charge in [0.2, 0.25) is 5.91 Å². The molecule has 1 N–H and O–H groups in total. The second-order valence-electron chi connectivity index (χ2n) is 5.60. The van der Waals surface area contributed by atoms with Crippen LogP contribution in [0.1, 0.15) is 29.3 Å². The summed E-state index contributed by atoms with van der Waals surface area (Å²) in [6.45, 7) is 3.83. The third-order valence-corrected chi connectivity index (χ3v) is 3.79. The highest BCUT2D eigenvalue weighted by Gasteiger charge is 2.13. The molecule has 0 radical (unpaired) electrons. The fourth-order valence-electron chi connectivity index (χ4n) is 2.40. The molecule has 7 nitrogen and oxygen atoms in total. The van der Waals surface area contributed by atoms with Crippen LogP contribution >= 0.6 is 0 Å². The zero-order chi connectivity index (χ0) is 17.8. The molecule has 0 fully saturated rings. The zero-order valence-corrected chi connectivity index (χ0v) is 13.9. The van der Waals surface area contributed by atoms with Gasteiger partial charge in [-0.25, -0.2) is 4.39 Å². The van der Waals surface area contributed by atoms with E-state index in [1.165, 1.54) is 12.1 Å². The first-order valence-electron chi connectivity index (χ1n) is 7.80. The lowest BCUT2D eigenvalue weighted by molar-refractivity contribution is -0.121. The molecule has 25 heavy (non-hydrogen) atoms. The van der Waals surface area contributed by atoms with Crippen molar-refractivity contribution in [2.45, 2.75) is 33.2 Å². The molecular weight excluding hydrogens is 327 g/mol. The van der Waals surface area contributed by atoms with Crippen molar-refractivity contribution in [2.75, 3.05) is 0 Å². The summed E-state index contributed by atoms with van der Waals surface area (Å²) in [4.78, 5) is 16.1. The van der Waals surface area contributed by atoms with E-state index < -0.39 is 0 Å². The molecule has 2 aromatic heterocycles. The van der Waals surface area contributed by atoms with Crippen LogP contribution in [0.15, 0.2) is 33.3 Å². The first kappa shape index (κ1) is 16.8. The zero-order valence-electron chi connectivity index (χ0n) is 13.9. The van der Waals surface area contributed by atoms with E-state index in [1.54, 1.807) is 12.1 Å². The Kier molecular flexibility index (Phi) is 4.87. The number of rotatable bonds is 6. The van der Waals surface area contributed by atoms with Gasteiger partial charge in [0.05, 0.1) is 12.2 Å². The third-order valence-electron chi connectivity index (χ3n) is 3.79. The predicted octanol–water partition coefficient (Wildman–Crippen LogP) is 2.73. The summed E-state index contributed by atoms with van der Waals surface area (Å²) < 4.78 is 23.1. The summed E-state index contributed by atoms with van der Waals surface area (Å²) in [6.07, 6.45) is 0.867. The highest BCUT2D eigenvalue weighted by molar-refractivity contribution is 5.76. The first-order valence-corrected chi connectivity index (χ1v) is 7.80. The van der Waals surface area contributed by atoms with E-state index in [2.05, 4.69) is 20.6 Å². The summed E-state index contributed by atoms with van der Waals surface area (Å²) >= 11 is 0. The van der Waals surface area contributed by atoms with Gasteiger partial charge in [0, 0.05) is 17.5 Å². The maximum atomic E-state index is 12.9. The highest BCUT2D eigenvalue weighted by Crippen LogP contribution is 2.17. The molecule has 130 valence electrons.